The molecule has 0 aromatic carbocycles. The summed E-state index contributed by atoms with van der Waals surface area (Å²) in [6, 6.07) is 1.40. The molecule has 2 heterocycles. The van der Waals surface area contributed by atoms with Crippen molar-refractivity contribution >= 4 is 0 Å². The fraction of sp³-hybridized carbons (Fsp3) is 1.00. The summed E-state index contributed by atoms with van der Waals surface area (Å²) in [6.07, 6.45) is 3.94. The lowest BCUT2D eigenvalue weighted by molar-refractivity contribution is 0.186. The van der Waals surface area contributed by atoms with Crippen LogP contribution in [0.1, 0.15) is 26.2 Å². The van der Waals surface area contributed by atoms with Crippen molar-refractivity contribution in [3.8, 4) is 0 Å². The van der Waals surface area contributed by atoms with Crippen LogP contribution in [0.25, 0.3) is 0 Å². The van der Waals surface area contributed by atoms with Crippen molar-refractivity contribution < 1.29 is 4.74 Å². The number of likely N-dealkylation sites (N-methyl/N-ethyl adjacent to an activating group) is 1. The lowest BCUT2D eigenvalue weighted by Gasteiger charge is -2.24. The lowest BCUT2D eigenvalue weighted by Crippen LogP contribution is -2.41. The molecule has 0 amide bonds. The van der Waals surface area contributed by atoms with Gasteiger partial charge in [0.2, 0.25) is 0 Å². The van der Waals surface area contributed by atoms with Crippen LogP contribution in [-0.4, -0.2) is 49.8 Å². The second-order valence-electron chi connectivity index (χ2n) is 4.39. The summed E-state index contributed by atoms with van der Waals surface area (Å²) in [6.45, 7) is 7.77. The molecule has 3 heteroatoms. The highest BCUT2D eigenvalue weighted by Crippen LogP contribution is 2.16. The van der Waals surface area contributed by atoms with Crippen molar-refractivity contribution in [2.45, 2.75) is 38.3 Å². The van der Waals surface area contributed by atoms with E-state index in [2.05, 4.69) is 17.1 Å². The van der Waals surface area contributed by atoms with Gasteiger partial charge >= 0.3 is 0 Å². The molecule has 2 saturated heterocycles. The highest BCUT2D eigenvalue weighted by atomic mass is 16.5. The number of ether oxygens (including phenoxy) is 1. The maximum Gasteiger partial charge on any atom is 0.0620 e. The van der Waals surface area contributed by atoms with Gasteiger partial charge in [-0.3, -0.25) is 4.90 Å². The number of nitrogens with zero attached hydrogens (tertiary/aromatic N) is 1. The molecule has 0 radical (unpaired) electrons. The number of nitrogens with one attached hydrogen (secondary N) is 1. The molecule has 0 aromatic heterocycles. The lowest BCUT2D eigenvalue weighted by atomic mass is 10.2. The van der Waals surface area contributed by atoms with E-state index in [1.54, 1.807) is 0 Å². The van der Waals surface area contributed by atoms with Crippen LogP contribution in [0.4, 0.5) is 0 Å². The third-order valence-corrected chi connectivity index (χ3v) is 3.48. The van der Waals surface area contributed by atoms with Gasteiger partial charge < -0.3 is 10.1 Å². The minimum absolute atomic E-state index is 0.620. The first-order valence-electron chi connectivity index (χ1n) is 5.95. The molecule has 0 aliphatic carbocycles. The molecule has 0 bridgehead atoms. The van der Waals surface area contributed by atoms with Gasteiger partial charge in [0.15, 0.2) is 0 Å². The Hall–Kier alpha value is -0.120. The molecule has 3 nitrogen and oxygen atoms in total. The molecule has 2 aliphatic heterocycles. The zero-order valence-electron chi connectivity index (χ0n) is 9.17. The average molecular weight is 198 g/mol. The maximum absolute atomic E-state index is 5.35. The summed E-state index contributed by atoms with van der Waals surface area (Å²) in [5, 5.41) is 3.62. The van der Waals surface area contributed by atoms with E-state index >= 15 is 0 Å². The van der Waals surface area contributed by atoms with E-state index in [4.69, 9.17) is 4.74 Å². The van der Waals surface area contributed by atoms with Gasteiger partial charge in [0.05, 0.1) is 6.61 Å². The molecule has 2 rings (SSSR count). The minimum Gasteiger partial charge on any atom is -0.380 e. The van der Waals surface area contributed by atoms with E-state index in [1.807, 2.05) is 0 Å². The number of likely N-dealkylation sites (tertiary alicyclic amines) is 1. The van der Waals surface area contributed by atoms with E-state index in [9.17, 15) is 0 Å². The summed E-state index contributed by atoms with van der Waals surface area (Å²) >= 11 is 0. The van der Waals surface area contributed by atoms with E-state index in [0.29, 0.717) is 6.04 Å². The quantitative estimate of drug-likeness (QED) is 0.725. The van der Waals surface area contributed by atoms with Gasteiger partial charge in [0, 0.05) is 25.2 Å². The zero-order chi connectivity index (χ0) is 9.80. The number of hydrogen-bond donors (Lipinski definition) is 1. The molecule has 1 N–H and O–H groups in total. The summed E-state index contributed by atoms with van der Waals surface area (Å²) in [4.78, 5) is 2.59. The van der Waals surface area contributed by atoms with Crippen molar-refractivity contribution in [3.05, 3.63) is 0 Å². The van der Waals surface area contributed by atoms with Gasteiger partial charge in [-0.1, -0.05) is 6.92 Å². The number of hydrogen-bond acceptors (Lipinski definition) is 3. The predicted molar refractivity (Wildman–Crippen MR) is 57.5 cm³/mol. The highest BCUT2D eigenvalue weighted by molar-refractivity contribution is 4.82. The first-order chi connectivity index (χ1) is 6.90. The Labute approximate surface area is 86.8 Å². The fourth-order valence-corrected chi connectivity index (χ4v) is 2.54. The molecule has 0 saturated carbocycles. The zero-order valence-corrected chi connectivity index (χ0v) is 9.17. The number of rotatable bonds is 4. The van der Waals surface area contributed by atoms with Gasteiger partial charge in [-0.25, -0.2) is 0 Å². The normalized spacial score (nSPS) is 34.1. The van der Waals surface area contributed by atoms with Crippen molar-refractivity contribution in [1.29, 1.82) is 0 Å². The Balaban J connectivity index is 1.68. The highest BCUT2D eigenvalue weighted by Gasteiger charge is 2.24. The van der Waals surface area contributed by atoms with E-state index in [1.165, 1.54) is 32.4 Å². The summed E-state index contributed by atoms with van der Waals surface area (Å²) in [5.41, 5.74) is 0. The first kappa shape index (κ1) is 10.4. The smallest absolute Gasteiger partial charge is 0.0620 e. The Morgan fingerprint density at radius 2 is 2.36 bits per heavy atom. The molecule has 2 fully saturated rings. The Kier molecular flexibility index (Phi) is 3.79. The Morgan fingerprint density at radius 3 is 3.07 bits per heavy atom. The SMILES string of the molecule is CCN1CCCC1CNC1CCOC1. The minimum atomic E-state index is 0.620. The van der Waals surface area contributed by atoms with Crippen LogP contribution >= 0.6 is 0 Å². The van der Waals surface area contributed by atoms with Crippen LogP contribution in [0, 0.1) is 0 Å². The molecular weight excluding hydrogens is 176 g/mol. The van der Waals surface area contributed by atoms with Crippen LogP contribution in [0.15, 0.2) is 0 Å². The van der Waals surface area contributed by atoms with Gasteiger partial charge in [-0.05, 0) is 32.4 Å². The molecule has 2 atom stereocenters. The molecule has 14 heavy (non-hydrogen) atoms. The van der Waals surface area contributed by atoms with Crippen LogP contribution in [-0.2, 0) is 4.74 Å². The molecule has 0 aromatic rings. The van der Waals surface area contributed by atoms with Crippen LogP contribution in [0.5, 0.6) is 0 Å². The maximum atomic E-state index is 5.35. The van der Waals surface area contributed by atoms with Gasteiger partial charge in [-0.2, -0.15) is 0 Å². The van der Waals surface area contributed by atoms with Crippen molar-refractivity contribution in [2.24, 2.45) is 0 Å². The third kappa shape index (κ3) is 2.47. The summed E-state index contributed by atoms with van der Waals surface area (Å²) in [5.74, 6) is 0. The van der Waals surface area contributed by atoms with E-state index in [-0.39, 0.29) is 0 Å². The Morgan fingerprint density at radius 1 is 1.43 bits per heavy atom. The van der Waals surface area contributed by atoms with Crippen LogP contribution < -0.4 is 5.32 Å². The molecule has 2 aliphatic rings. The monoisotopic (exact) mass is 198 g/mol. The Bertz CT molecular complexity index is 169. The van der Waals surface area contributed by atoms with Gasteiger partial charge in [0.25, 0.3) is 0 Å². The fourth-order valence-electron chi connectivity index (χ4n) is 2.54. The van der Waals surface area contributed by atoms with Gasteiger partial charge in [-0.15, -0.1) is 0 Å². The predicted octanol–water partition coefficient (Wildman–Crippen LogP) is 0.849. The summed E-state index contributed by atoms with van der Waals surface area (Å²) < 4.78 is 5.35. The first-order valence-corrected chi connectivity index (χ1v) is 5.95. The average Bonchev–Trinajstić information content (AvgIpc) is 2.85. The third-order valence-electron chi connectivity index (χ3n) is 3.48. The molecule has 2 unspecified atom stereocenters. The van der Waals surface area contributed by atoms with Gasteiger partial charge in [0.1, 0.15) is 0 Å². The van der Waals surface area contributed by atoms with Crippen molar-refractivity contribution in [1.82, 2.24) is 10.2 Å². The topological polar surface area (TPSA) is 24.5 Å². The second-order valence-corrected chi connectivity index (χ2v) is 4.39. The van der Waals surface area contributed by atoms with Crippen molar-refractivity contribution in [2.75, 3.05) is 32.8 Å². The van der Waals surface area contributed by atoms with Crippen LogP contribution in [0.3, 0.4) is 0 Å². The van der Waals surface area contributed by atoms with Crippen molar-refractivity contribution in [3.63, 3.8) is 0 Å². The van der Waals surface area contributed by atoms with E-state index in [0.717, 1.165) is 25.8 Å². The molecule has 0 spiro atoms. The molecular formula is C11H22N2O. The second kappa shape index (κ2) is 5.10. The largest absolute Gasteiger partial charge is 0.380 e. The van der Waals surface area contributed by atoms with E-state index < -0.39 is 0 Å². The molecule has 82 valence electrons. The standard InChI is InChI=1S/C11H22N2O/c1-2-13-6-3-4-11(13)8-12-10-5-7-14-9-10/h10-12H,2-9H2,1H3. The summed E-state index contributed by atoms with van der Waals surface area (Å²) in [7, 11) is 0. The van der Waals surface area contributed by atoms with Crippen LogP contribution in [0.2, 0.25) is 0 Å².